The summed E-state index contributed by atoms with van der Waals surface area (Å²) in [6, 6.07) is 1.25. The van der Waals surface area contributed by atoms with E-state index in [4.69, 9.17) is 9.47 Å². The Hall–Kier alpha value is -0.810. The lowest BCUT2D eigenvalue weighted by molar-refractivity contribution is 0.00622. The van der Waals surface area contributed by atoms with Crippen LogP contribution in [0.5, 0.6) is 0 Å². The first-order valence-electron chi connectivity index (χ1n) is 6.87. The van der Waals surface area contributed by atoms with Gasteiger partial charge in [-0.25, -0.2) is 4.79 Å². The molecule has 0 radical (unpaired) electrons. The van der Waals surface area contributed by atoms with E-state index in [1.165, 1.54) is 6.42 Å². The number of amides is 1. The number of piperidine rings is 2. The van der Waals surface area contributed by atoms with Gasteiger partial charge in [0.05, 0.1) is 6.61 Å². The standard InChI is InChI=1S/C13H24N2O3/c1-14-10-8-11-4-3-5-12(9-10)15(11)13(16)18-7-6-17-2/h10-12,14H,3-9H2,1-2H3/t10?,11-,12+. The van der Waals surface area contributed by atoms with Crippen LogP contribution in [0.2, 0.25) is 0 Å². The monoisotopic (exact) mass is 256 g/mol. The van der Waals surface area contributed by atoms with Gasteiger partial charge in [-0.1, -0.05) is 0 Å². The highest BCUT2D eigenvalue weighted by Gasteiger charge is 2.41. The average Bonchev–Trinajstić information content (AvgIpc) is 2.37. The minimum absolute atomic E-state index is 0.156. The fourth-order valence-electron chi connectivity index (χ4n) is 3.20. The van der Waals surface area contributed by atoms with Gasteiger partial charge in [-0.2, -0.15) is 0 Å². The highest BCUT2D eigenvalue weighted by molar-refractivity contribution is 5.69. The van der Waals surface area contributed by atoms with Gasteiger partial charge in [-0.05, 0) is 39.2 Å². The fraction of sp³-hybridized carbons (Fsp3) is 0.923. The molecule has 2 bridgehead atoms. The summed E-state index contributed by atoms with van der Waals surface area (Å²) in [7, 11) is 3.62. The smallest absolute Gasteiger partial charge is 0.410 e. The molecular weight excluding hydrogens is 232 g/mol. The lowest BCUT2D eigenvalue weighted by atomic mass is 9.82. The van der Waals surface area contributed by atoms with Crippen molar-refractivity contribution < 1.29 is 14.3 Å². The molecule has 1 N–H and O–H groups in total. The Kier molecular flexibility index (Phi) is 4.83. The molecular formula is C13H24N2O3. The van der Waals surface area contributed by atoms with E-state index in [2.05, 4.69) is 5.32 Å². The molecule has 0 aliphatic carbocycles. The Morgan fingerprint density at radius 3 is 2.50 bits per heavy atom. The highest BCUT2D eigenvalue weighted by Crippen LogP contribution is 2.34. The van der Waals surface area contributed by atoms with E-state index in [1.54, 1.807) is 7.11 Å². The maximum atomic E-state index is 12.1. The molecule has 0 aromatic rings. The topological polar surface area (TPSA) is 50.8 Å². The zero-order valence-corrected chi connectivity index (χ0v) is 11.4. The third-order valence-corrected chi connectivity index (χ3v) is 4.11. The number of rotatable bonds is 4. The molecule has 1 unspecified atom stereocenters. The van der Waals surface area contributed by atoms with Crippen molar-refractivity contribution in [1.29, 1.82) is 0 Å². The van der Waals surface area contributed by atoms with Crippen molar-refractivity contribution in [3.63, 3.8) is 0 Å². The highest BCUT2D eigenvalue weighted by atomic mass is 16.6. The van der Waals surface area contributed by atoms with Gasteiger partial charge in [-0.3, -0.25) is 0 Å². The molecule has 2 fully saturated rings. The van der Waals surface area contributed by atoms with Crippen molar-refractivity contribution >= 4 is 6.09 Å². The first-order chi connectivity index (χ1) is 8.76. The van der Waals surface area contributed by atoms with Gasteiger partial charge in [0.15, 0.2) is 0 Å². The van der Waals surface area contributed by atoms with Crippen LogP contribution in [0.3, 0.4) is 0 Å². The molecule has 2 aliphatic rings. The predicted molar refractivity (Wildman–Crippen MR) is 68.6 cm³/mol. The summed E-state index contributed by atoms with van der Waals surface area (Å²) in [5.74, 6) is 0. The Bertz CT molecular complexity index is 271. The molecule has 2 aliphatic heterocycles. The molecule has 1 amide bonds. The Morgan fingerprint density at radius 2 is 1.94 bits per heavy atom. The van der Waals surface area contributed by atoms with Crippen LogP contribution >= 0.6 is 0 Å². The molecule has 2 heterocycles. The van der Waals surface area contributed by atoms with E-state index in [-0.39, 0.29) is 6.09 Å². The van der Waals surface area contributed by atoms with Gasteiger partial charge < -0.3 is 19.7 Å². The summed E-state index contributed by atoms with van der Waals surface area (Å²) in [5, 5.41) is 3.35. The van der Waals surface area contributed by atoms with Gasteiger partial charge in [0.2, 0.25) is 0 Å². The summed E-state index contributed by atoms with van der Waals surface area (Å²) in [6.07, 6.45) is 5.38. The van der Waals surface area contributed by atoms with Crippen LogP contribution in [0.25, 0.3) is 0 Å². The average molecular weight is 256 g/mol. The lowest BCUT2D eigenvalue weighted by Gasteiger charge is -2.48. The van der Waals surface area contributed by atoms with Gasteiger partial charge in [0, 0.05) is 25.2 Å². The molecule has 0 aromatic heterocycles. The zero-order chi connectivity index (χ0) is 13.0. The molecule has 0 saturated carbocycles. The summed E-state index contributed by atoms with van der Waals surface area (Å²) in [4.78, 5) is 14.1. The summed E-state index contributed by atoms with van der Waals surface area (Å²) in [6.45, 7) is 0.814. The third-order valence-electron chi connectivity index (χ3n) is 4.11. The molecule has 3 atom stereocenters. The number of methoxy groups -OCH3 is 1. The molecule has 0 aromatic carbocycles. The number of ether oxygens (including phenoxy) is 2. The lowest BCUT2D eigenvalue weighted by Crippen LogP contribution is -2.58. The predicted octanol–water partition coefficient (Wildman–Crippen LogP) is 1.37. The maximum absolute atomic E-state index is 12.1. The number of fused-ring (bicyclic) bond motifs is 2. The van der Waals surface area contributed by atoms with Crippen molar-refractivity contribution in [3.8, 4) is 0 Å². The van der Waals surface area contributed by atoms with E-state index >= 15 is 0 Å². The van der Waals surface area contributed by atoms with E-state index in [9.17, 15) is 4.79 Å². The minimum atomic E-state index is -0.156. The first-order valence-corrected chi connectivity index (χ1v) is 6.87. The Labute approximate surface area is 109 Å². The maximum Gasteiger partial charge on any atom is 0.410 e. The normalized spacial score (nSPS) is 31.2. The van der Waals surface area contributed by atoms with E-state index in [0.29, 0.717) is 31.3 Å². The van der Waals surface area contributed by atoms with Crippen LogP contribution in [0.4, 0.5) is 4.79 Å². The second-order valence-electron chi connectivity index (χ2n) is 5.21. The van der Waals surface area contributed by atoms with Crippen LogP contribution < -0.4 is 5.32 Å². The van der Waals surface area contributed by atoms with Crippen LogP contribution in [0, 0.1) is 0 Å². The minimum Gasteiger partial charge on any atom is -0.447 e. The summed E-state index contributed by atoms with van der Waals surface area (Å²) >= 11 is 0. The molecule has 18 heavy (non-hydrogen) atoms. The van der Waals surface area contributed by atoms with Crippen molar-refractivity contribution in [3.05, 3.63) is 0 Å². The van der Waals surface area contributed by atoms with Crippen LogP contribution in [-0.4, -0.2) is 56.5 Å². The van der Waals surface area contributed by atoms with Crippen LogP contribution in [0.1, 0.15) is 32.1 Å². The SMILES string of the molecule is CNC1C[C@H]2CCC[C@@H](C1)N2C(=O)OCCOC. The van der Waals surface area contributed by atoms with Crippen molar-refractivity contribution in [2.45, 2.75) is 50.2 Å². The number of carbonyl (C=O) groups is 1. The van der Waals surface area contributed by atoms with Gasteiger partial charge >= 0.3 is 6.09 Å². The fourth-order valence-corrected chi connectivity index (χ4v) is 3.20. The second-order valence-corrected chi connectivity index (χ2v) is 5.21. The molecule has 0 spiro atoms. The number of hydrogen-bond acceptors (Lipinski definition) is 4. The third kappa shape index (κ3) is 2.95. The van der Waals surface area contributed by atoms with Crippen molar-refractivity contribution in [2.75, 3.05) is 27.4 Å². The largest absolute Gasteiger partial charge is 0.447 e. The summed E-state index contributed by atoms with van der Waals surface area (Å²) < 4.78 is 10.2. The van der Waals surface area contributed by atoms with Gasteiger partial charge in [0.25, 0.3) is 0 Å². The number of nitrogens with one attached hydrogen (secondary N) is 1. The Morgan fingerprint density at radius 1 is 1.28 bits per heavy atom. The quantitative estimate of drug-likeness (QED) is 0.772. The molecule has 5 nitrogen and oxygen atoms in total. The Balaban J connectivity index is 1.93. The molecule has 2 saturated heterocycles. The number of hydrogen-bond donors (Lipinski definition) is 1. The van der Waals surface area contributed by atoms with Gasteiger partial charge in [0.1, 0.15) is 6.61 Å². The second kappa shape index (κ2) is 6.38. The number of nitrogens with zero attached hydrogens (tertiary/aromatic N) is 1. The number of carbonyl (C=O) groups excluding carboxylic acids is 1. The van der Waals surface area contributed by atoms with Crippen LogP contribution in [-0.2, 0) is 9.47 Å². The zero-order valence-electron chi connectivity index (χ0n) is 11.4. The summed E-state index contributed by atoms with van der Waals surface area (Å²) in [5.41, 5.74) is 0. The molecule has 5 heteroatoms. The van der Waals surface area contributed by atoms with E-state index in [1.807, 2.05) is 11.9 Å². The molecule has 2 rings (SSSR count). The van der Waals surface area contributed by atoms with Gasteiger partial charge in [-0.15, -0.1) is 0 Å². The van der Waals surface area contributed by atoms with Crippen LogP contribution in [0.15, 0.2) is 0 Å². The van der Waals surface area contributed by atoms with E-state index in [0.717, 1.165) is 25.7 Å². The van der Waals surface area contributed by atoms with Crippen molar-refractivity contribution in [1.82, 2.24) is 10.2 Å². The van der Waals surface area contributed by atoms with E-state index < -0.39 is 0 Å². The first kappa shape index (κ1) is 13.6. The molecule has 104 valence electrons. The van der Waals surface area contributed by atoms with Crippen molar-refractivity contribution in [2.24, 2.45) is 0 Å².